The first kappa shape index (κ1) is 21.2. The van der Waals surface area contributed by atoms with Gasteiger partial charge in [0.05, 0.1) is 6.04 Å². The Balaban J connectivity index is 1.52. The molecule has 2 N–H and O–H groups in total. The third-order valence-electron chi connectivity index (χ3n) is 5.24. The molecule has 2 aromatic carbocycles. The van der Waals surface area contributed by atoms with E-state index in [2.05, 4.69) is 60.2 Å². The van der Waals surface area contributed by atoms with Gasteiger partial charge in [-0.25, -0.2) is 0 Å². The monoisotopic (exact) mass is 409 g/mol. The van der Waals surface area contributed by atoms with Crippen LogP contribution in [0.5, 0.6) is 5.75 Å². The van der Waals surface area contributed by atoms with Gasteiger partial charge in [0, 0.05) is 24.5 Å². The molecule has 1 heterocycles. The molecule has 154 valence electrons. The average molecular weight is 410 g/mol. The fourth-order valence-electron chi connectivity index (χ4n) is 3.63. The number of rotatable bonds is 7. The summed E-state index contributed by atoms with van der Waals surface area (Å²) in [4.78, 5) is 2.49. The standard InChI is InChI=1S/C24H31N3OS/c1-4-16-28-23-13-9-21(10-14-23)26-24(29)25-19(3)20-7-11-22(12-8-20)27-15-5-6-18(2)17-27/h4,7-14,18-19H,1,5-6,15-17H2,2-3H3,(H2,25,26,29)/t18-,19-/m0/s1. The van der Waals surface area contributed by atoms with Crippen LogP contribution in [-0.2, 0) is 0 Å². The predicted molar refractivity (Wildman–Crippen MR) is 127 cm³/mol. The molecule has 1 aliphatic rings. The van der Waals surface area contributed by atoms with Gasteiger partial charge in [-0.2, -0.15) is 0 Å². The third kappa shape index (κ3) is 6.23. The van der Waals surface area contributed by atoms with E-state index < -0.39 is 0 Å². The highest BCUT2D eigenvalue weighted by Crippen LogP contribution is 2.24. The maximum Gasteiger partial charge on any atom is 0.171 e. The lowest BCUT2D eigenvalue weighted by Gasteiger charge is -2.33. The predicted octanol–water partition coefficient (Wildman–Crippen LogP) is 5.54. The van der Waals surface area contributed by atoms with E-state index >= 15 is 0 Å². The van der Waals surface area contributed by atoms with E-state index in [4.69, 9.17) is 17.0 Å². The normalized spacial score (nSPS) is 17.3. The van der Waals surface area contributed by atoms with Crippen molar-refractivity contribution in [3.8, 4) is 5.75 Å². The van der Waals surface area contributed by atoms with Gasteiger partial charge in [-0.1, -0.05) is 31.7 Å². The fraction of sp³-hybridized carbons (Fsp3) is 0.375. The molecule has 0 unspecified atom stereocenters. The number of hydrogen-bond donors (Lipinski definition) is 2. The lowest BCUT2D eigenvalue weighted by atomic mass is 9.99. The largest absolute Gasteiger partial charge is 0.490 e. The van der Waals surface area contributed by atoms with Gasteiger partial charge in [-0.15, -0.1) is 0 Å². The van der Waals surface area contributed by atoms with Crippen molar-refractivity contribution >= 4 is 28.7 Å². The molecule has 0 bridgehead atoms. The van der Waals surface area contributed by atoms with Gasteiger partial charge in [0.1, 0.15) is 12.4 Å². The summed E-state index contributed by atoms with van der Waals surface area (Å²) in [6.07, 6.45) is 4.35. The second-order valence-electron chi connectivity index (χ2n) is 7.73. The number of nitrogens with zero attached hydrogens (tertiary/aromatic N) is 1. The van der Waals surface area contributed by atoms with E-state index in [-0.39, 0.29) is 6.04 Å². The summed E-state index contributed by atoms with van der Waals surface area (Å²) >= 11 is 5.48. The van der Waals surface area contributed by atoms with Crippen LogP contribution in [0.1, 0.15) is 38.3 Å². The summed E-state index contributed by atoms with van der Waals surface area (Å²) in [5, 5.41) is 7.19. The zero-order valence-electron chi connectivity index (χ0n) is 17.4. The van der Waals surface area contributed by atoms with E-state index in [9.17, 15) is 0 Å². The molecule has 0 saturated carbocycles. The molecule has 0 amide bonds. The van der Waals surface area contributed by atoms with Gasteiger partial charge in [-0.3, -0.25) is 0 Å². The first-order chi connectivity index (χ1) is 14.0. The third-order valence-corrected chi connectivity index (χ3v) is 5.46. The summed E-state index contributed by atoms with van der Waals surface area (Å²) < 4.78 is 5.50. The van der Waals surface area contributed by atoms with Crippen molar-refractivity contribution in [1.82, 2.24) is 5.32 Å². The zero-order chi connectivity index (χ0) is 20.6. The van der Waals surface area contributed by atoms with Crippen LogP contribution in [0, 0.1) is 5.92 Å². The number of anilines is 2. The van der Waals surface area contributed by atoms with Crippen molar-refractivity contribution < 1.29 is 4.74 Å². The molecule has 0 aromatic heterocycles. The summed E-state index contributed by atoms with van der Waals surface area (Å²) in [7, 11) is 0. The van der Waals surface area contributed by atoms with E-state index in [1.165, 1.54) is 24.1 Å². The van der Waals surface area contributed by atoms with Crippen LogP contribution in [0.4, 0.5) is 11.4 Å². The number of benzene rings is 2. The molecule has 2 aromatic rings. The minimum atomic E-state index is 0.125. The maximum absolute atomic E-state index is 5.50. The van der Waals surface area contributed by atoms with Gasteiger partial charge in [0.15, 0.2) is 5.11 Å². The Morgan fingerprint density at radius 3 is 2.62 bits per heavy atom. The number of hydrogen-bond acceptors (Lipinski definition) is 3. The summed E-state index contributed by atoms with van der Waals surface area (Å²) in [5.41, 5.74) is 3.46. The van der Waals surface area contributed by atoms with Crippen LogP contribution >= 0.6 is 12.2 Å². The van der Waals surface area contributed by atoms with Crippen LogP contribution in [0.25, 0.3) is 0 Å². The molecule has 4 nitrogen and oxygen atoms in total. The van der Waals surface area contributed by atoms with E-state index in [0.717, 1.165) is 30.4 Å². The number of ether oxygens (including phenoxy) is 1. The SMILES string of the molecule is C=CCOc1ccc(NC(=S)N[C@@H](C)c2ccc(N3CCC[C@H](C)C3)cc2)cc1. The van der Waals surface area contributed by atoms with Crippen LogP contribution in [0.3, 0.4) is 0 Å². The molecule has 0 spiro atoms. The first-order valence-corrected chi connectivity index (χ1v) is 10.7. The van der Waals surface area contributed by atoms with Crippen LogP contribution in [-0.4, -0.2) is 24.8 Å². The number of thiocarbonyl (C=S) groups is 1. The van der Waals surface area contributed by atoms with Crippen LogP contribution < -0.4 is 20.3 Å². The number of piperidine rings is 1. The average Bonchev–Trinajstić information content (AvgIpc) is 2.73. The Morgan fingerprint density at radius 1 is 1.24 bits per heavy atom. The second-order valence-corrected chi connectivity index (χ2v) is 8.14. The summed E-state index contributed by atoms with van der Waals surface area (Å²) in [6, 6.07) is 16.7. The highest BCUT2D eigenvalue weighted by atomic mass is 32.1. The Hall–Kier alpha value is -2.53. The highest BCUT2D eigenvalue weighted by Gasteiger charge is 2.17. The second kappa shape index (κ2) is 10.3. The van der Waals surface area contributed by atoms with Crippen molar-refractivity contribution in [3.63, 3.8) is 0 Å². The van der Waals surface area contributed by atoms with Gasteiger partial charge in [0.25, 0.3) is 0 Å². The van der Waals surface area contributed by atoms with Crippen molar-refractivity contribution in [1.29, 1.82) is 0 Å². The Labute approximate surface area is 180 Å². The smallest absolute Gasteiger partial charge is 0.171 e. The Kier molecular flexibility index (Phi) is 7.53. The quantitative estimate of drug-likeness (QED) is 0.464. The van der Waals surface area contributed by atoms with Crippen molar-refractivity contribution in [3.05, 3.63) is 66.7 Å². The van der Waals surface area contributed by atoms with Crippen molar-refractivity contribution in [2.24, 2.45) is 5.92 Å². The lowest BCUT2D eigenvalue weighted by Crippen LogP contribution is -2.34. The summed E-state index contributed by atoms with van der Waals surface area (Å²) in [6.45, 7) is 10.9. The fourth-order valence-corrected chi connectivity index (χ4v) is 3.93. The molecule has 0 radical (unpaired) electrons. The van der Waals surface area contributed by atoms with Gasteiger partial charge in [-0.05, 0) is 79.9 Å². The topological polar surface area (TPSA) is 36.5 Å². The van der Waals surface area contributed by atoms with Crippen molar-refractivity contribution in [2.45, 2.75) is 32.7 Å². The van der Waals surface area contributed by atoms with E-state index in [1.54, 1.807) is 6.08 Å². The van der Waals surface area contributed by atoms with E-state index in [1.807, 2.05) is 24.3 Å². The summed E-state index contributed by atoms with van der Waals surface area (Å²) in [5.74, 6) is 1.58. The minimum Gasteiger partial charge on any atom is -0.490 e. The molecule has 3 rings (SSSR count). The zero-order valence-corrected chi connectivity index (χ0v) is 18.2. The first-order valence-electron chi connectivity index (χ1n) is 10.3. The van der Waals surface area contributed by atoms with Gasteiger partial charge < -0.3 is 20.3 Å². The molecule has 1 aliphatic heterocycles. The molecule has 29 heavy (non-hydrogen) atoms. The van der Waals surface area contributed by atoms with Crippen LogP contribution in [0.2, 0.25) is 0 Å². The molecular weight excluding hydrogens is 378 g/mol. The Morgan fingerprint density at radius 2 is 1.97 bits per heavy atom. The maximum atomic E-state index is 5.50. The highest BCUT2D eigenvalue weighted by molar-refractivity contribution is 7.80. The van der Waals surface area contributed by atoms with Crippen LogP contribution in [0.15, 0.2) is 61.2 Å². The molecule has 1 fully saturated rings. The lowest BCUT2D eigenvalue weighted by molar-refractivity contribution is 0.363. The van der Waals surface area contributed by atoms with Crippen molar-refractivity contribution in [2.75, 3.05) is 29.9 Å². The molecule has 0 aliphatic carbocycles. The molecule has 2 atom stereocenters. The van der Waals surface area contributed by atoms with E-state index in [0.29, 0.717) is 11.7 Å². The van der Waals surface area contributed by atoms with Gasteiger partial charge in [0.2, 0.25) is 0 Å². The Bertz CT molecular complexity index is 804. The molecule has 1 saturated heterocycles. The minimum absolute atomic E-state index is 0.125. The van der Waals surface area contributed by atoms with Gasteiger partial charge >= 0.3 is 0 Å². The molecular formula is C24H31N3OS. The molecule has 5 heteroatoms. The number of nitrogens with one attached hydrogen (secondary N) is 2.